The van der Waals surface area contributed by atoms with E-state index < -0.39 is 0 Å². The van der Waals surface area contributed by atoms with Crippen LogP contribution in [-0.2, 0) is 15.9 Å². The van der Waals surface area contributed by atoms with Crippen LogP contribution in [0.25, 0.3) is 0 Å². The van der Waals surface area contributed by atoms with Gasteiger partial charge in [0.2, 0.25) is 6.79 Å². The van der Waals surface area contributed by atoms with Gasteiger partial charge in [-0.25, -0.2) is 0 Å². The van der Waals surface area contributed by atoms with Crippen molar-refractivity contribution in [3.63, 3.8) is 0 Å². The summed E-state index contributed by atoms with van der Waals surface area (Å²) in [6.07, 6.45) is 2.17. The van der Waals surface area contributed by atoms with Gasteiger partial charge in [0, 0.05) is 23.4 Å². The number of hydrogen-bond donors (Lipinski definition) is 2. The molecule has 4 N–H and O–H groups in total. The van der Waals surface area contributed by atoms with Gasteiger partial charge in [-0.1, -0.05) is 6.07 Å². The third-order valence-corrected chi connectivity index (χ3v) is 2.13. The van der Waals surface area contributed by atoms with Crippen molar-refractivity contribution >= 4 is 23.8 Å². The number of benzene rings is 1. The molecule has 0 fully saturated rings. The molecular weight excluding hydrogens is 216 g/mol. The van der Waals surface area contributed by atoms with Crippen LogP contribution in [0.4, 0.5) is 11.4 Å². The normalized spacial score (nSPS) is 13.5. The number of nitrogen functional groups attached to an aromatic ring is 2. The largest absolute Gasteiger partial charge is 0.462 e. The number of hydrogen-bond acceptors (Lipinski definition) is 4. The van der Waals surface area contributed by atoms with E-state index in [1.54, 1.807) is 6.26 Å². The van der Waals surface area contributed by atoms with E-state index in [9.17, 15) is 0 Å². The van der Waals surface area contributed by atoms with E-state index in [0.717, 1.165) is 11.3 Å². The first-order valence-corrected chi connectivity index (χ1v) is 4.33. The Hall–Kier alpha value is -1.55. The lowest BCUT2D eigenvalue weighted by Gasteiger charge is -2.08. The molecule has 0 spiro atoms. The number of ether oxygens (including phenoxy) is 2. The molecule has 0 unspecified atom stereocenters. The maximum absolute atomic E-state index is 5.80. The molecule has 15 heavy (non-hydrogen) atoms. The summed E-state index contributed by atoms with van der Waals surface area (Å²) in [7, 11) is 0. The van der Waals surface area contributed by atoms with E-state index in [1.165, 1.54) is 0 Å². The zero-order valence-electron chi connectivity index (χ0n) is 8.10. The molecule has 0 atom stereocenters. The summed E-state index contributed by atoms with van der Waals surface area (Å²) in [5, 5.41) is 0. The minimum atomic E-state index is 0. The lowest BCUT2D eigenvalue weighted by atomic mass is 10.1. The Morgan fingerprint density at radius 3 is 2.40 bits per heavy atom. The summed E-state index contributed by atoms with van der Waals surface area (Å²) in [4.78, 5) is 0. The van der Waals surface area contributed by atoms with Crippen LogP contribution >= 0.6 is 12.4 Å². The summed E-state index contributed by atoms with van der Waals surface area (Å²) < 4.78 is 10.1. The van der Waals surface area contributed by atoms with Gasteiger partial charge in [-0.3, -0.25) is 0 Å². The van der Waals surface area contributed by atoms with Gasteiger partial charge in [-0.05, 0) is 12.1 Å². The fourth-order valence-corrected chi connectivity index (χ4v) is 1.37. The fourth-order valence-electron chi connectivity index (χ4n) is 1.37. The van der Waals surface area contributed by atoms with Gasteiger partial charge >= 0.3 is 0 Å². The van der Waals surface area contributed by atoms with Gasteiger partial charge in [-0.15, -0.1) is 12.4 Å². The summed E-state index contributed by atoms with van der Waals surface area (Å²) in [5.41, 5.74) is 13.8. The van der Waals surface area contributed by atoms with Crippen molar-refractivity contribution in [2.24, 2.45) is 0 Å². The molecule has 1 aromatic carbocycles. The van der Waals surface area contributed by atoms with Crippen molar-refractivity contribution in [3.8, 4) is 0 Å². The molecule has 1 aliphatic rings. The van der Waals surface area contributed by atoms with Crippen LogP contribution < -0.4 is 11.5 Å². The molecule has 0 saturated heterocycles. The van der Waals surface area contributed by atoms with E-state index >= 15 is 0 Å². The SMILES string of the molecule is Cl.Nc1cccc(N)c1CC1=COCO1. The van der Waals surface area contributed by atoms with Gasteiger partial charge in [0.15, 0.2) is 0 Å². The molecular formula is C10H13ClN2O2. The number of rotatable bonds is 2. The topological polar surface area (TPSA) is 70.5 Å². The van der Waals surface area contributed by atoms with Gasteiger partial charge in [0.25, 0.3) is 0 Å². The Morgan fingerprint density at radius 2 is 1.87 bits per heavy atom. The smallest absolute Gasteiger partial charge is 0.229 e. The minimum absolute atomic E-state index is 0. The second kappa shape index (κ2) is 4.79. The standard InChI is InChI=1S/C10H12N2O2.ClH/c11-9-2-1-3-10(12)8(9)4-7-5-13-6-14-7;/h1-3,5H,4,6,11-12H2;1H. The molecule has 0 saturated carbocycles. The first-order chi connectivity index (χ1) is 6.77. The van der Waals surface area contributed by atoms with Crippen LogP contribution in [0.3, 0.4) is 0 Å². The zero-order valence-corrected chi connectivity index (χ0v) is 8.92. The molecule has 1 aromatic rings. The van der Waals surface area contributed by atoms with Crippen LogP contribution in [0.15, 0.2) is 30.2 Å². The monoisotopic (exact) mass is 228 g/mol. The second-order valence-corrected chi connectivity index (χ2v) is 3.10. The number of allylic oxidation sites excluding steroid dienone is 1. The first kappa shape index (κ1) is 11.5. The molecule has 4 nitrogen and oxygen atoms in total. The Balaban J connectivity index is 0.00000112. The highest BCUT2D eigenvalue weighted by Gasteiger charge is 2.11. The van der Waals surface area contributed by atoms with Crippen LogP contribution in [-0.4, -0.2) is 6.79 Å². The number of anilines is 2. The Bertz CT molecular complexity index is 359. The highest BCUT2D eigenvalue weighted by molar-refractivity contribution is 5.85. The van der Waals surface area contributed by atoms with Crippen molar-refractivity contribution in [2.45, 2.75) is 6.42 Å². The molecule has 2 rings (SSSR count). The number of nitrogens with two attached hydrogens (primary N) is 2. The molecule has 1 aliphatic heterocycles. The predicted octanol–water partition coefficient (Wildman–Crippen LogP) is 1.66. The van der Waals surface area contributed by atoms with Crippen LogP contribution in [0.1, 0.15) is 5.56 Å². The molecule has 5 heteroatoms. The highest BCUT2D eigenvalue weighted by Crippen LogP contribution is 2.24. The van der Waals surface area contributed by atoms with Crippen molar-refractivity contribution in [3.05, 3.63) is 35.8 Å². The van der Waals surface area contributed by atoms with Crippen molar-refractivity contribution in [1.29, 1.82) is 0 Å². The third-order valence-electron chi connectivity index (χ3n) is 2.13. The van der Waals surface area contributed by atoms with Crippen molar-refractivity contribution in [2.75, 3.05) is 18.3 Å². The average Bonchev–Trinajstić information content (AvgIpc) is 2.64. The Labute approximate surface area is 94.3 Å². The Kier molecular flexibility index (Phi) is 3.68. The van der Waals surface area contributed by atoms with Crippen molar-refractivity contribution < 1.29 is 9.47 Å². The summed E-state index contributed by atoms with van der Waals surface area (Å²) in [5.74, 6) is 0.759. The predicted molar refractivity (Wildman–Crippen MR) is 61.3 cm³/mol. The first-order valence-electron chi connectivity index (χ1n) is 4.33. The molecule has 0 bridgehead atoms. The zero-order chi connectivity index (χ0) is 9.97. The maximum atomic E-state index is 5.80. The van der Waals surface area contributed by atoms with E-state index in [4.69, 9.17) is 20.9 Å². The second-order valence-electron chi connectivity index (χ2n) is 3.10. The average molecular weight is 229 g/mol. The quantitative estimate of drug-likeness (QED) is 0.756. The number of halogens is 1. The third kappa shape index (κ3) is 2.47. The summed E-state index contributed by atoms with van der Waals surface area (Å²) >= 11 is 0. The van der Waals surface area contributed by atoms with E-state index in [0.29, 0.717) is 17.8 Å². The molecule has 1 heterocycles. The van der Waals surface area contributed by atoms with E-state index in [2.05, 4.69) is 0 Å². The van der Waals surface area contributed by atoms with Crippen LogP contribution in [0.5, 0.6) is 0 Å². The van der Waals surface area contributed by atoms with Gasteiger partial charge in [0.05, 0.1) is 0 Å². The molecule has 82 valence electrons. The molecule has 0 aliphatic carbocycles. The van der Waals surface area contributed by atoms with Crippen molar-refractivity contribution in [1.82, 2.24) is 0 Å². The molecule has 0 aromatic heterocycles. The Morgan fingerprint density at radius 1 is 1.20 bits per heavy atom. The van der Waals surface area contributed by atoms with E-state index in [1.807, 2.05) is 18.2 Å². The summed E-state index contributed by atoms with van der Waals surface area (Å²) in [6.45, 7) is 0.280. The molecule has 0 amide bonds. The van der Waals surface area contributed by atoms with Crippen LogP contribution in [0, 0.1) is 0 Å². The highest BCUT2D eigenvalue weighted by atomic mass is 35.5. The summed E-state index contributed by atoms with van der Waals surface area (Å²) in [6, 6.07) is 5.47. The van der Waals surface area contributed by atoms with Gasteiger partial charge < -0.3 is 20.9 Å². The van der Waals surface area contributed by atoms with Crippen LogP contribution in [0.2, 0.25) is 0 Å². The minimum Gasteiger partial charge on any atom is -0.462 e. The van der Waals surface area contributed by atoms with E-state index in [-0.39, 0.29) is 19.2 Å². The fraction of sp³-hybridized carbons (Fsp3) is 0.200. The van der Waals surface area contributed by atoms with Gasteiger partial charge in [0.1, 0.15) is 12.0 Å². The maximum Gasteiger partial charge on any atom is 0.229 e. The molecule has 0 radical (unpaired) electrons. The lowest BCUT2D eigenvalue weighted by molar-refractivity contribution is 0.0791. The van der Waals surface area contributed by atoms with Gasteiger partial charge in [-0.2, -0.15) is 0 Å². The lowest BCUT2D eigenvalue weighted by Crippen LogP contribution is -2.02.